The summed E-state index contributed by atoms with van der Waals surface area (Å²) in [6, 6.07) is 33.3. The third kappa shape index (κ3) is 6.88. The highest BCUT2D eigenvalue weighted by atomic mass is 31.2. The van der Waals surface area contributed by atoms with Gasteiger partial charge in [0.05, 0.1) is 20.4 Å². The van der Waals surface area contributed by atoms with Crippen LogP contribution in [0.2, 0.25) is 0 Å². The Bertz CT molecular complexity index is 1260. The van der Waals surface area contributed by atoms with Gasteiger partial charge in [-0.2, -0.15) is 0 Å². The molecule has 0 saturated carbocycles. The molecule has 0 saturated heterocycles. The van der Waals surface area contributed by atoms with Crippen LogP contribution in [0.25, 0.3) is 0 Å². The predicted molar refractivity (Wildman–Crippen MR) is 171 cm³/mol. The van der Waals surface area contributed by atoms with Crippen LogP contribution in [-0.4, -0.2) is 31.9 Å². The number of ether oxygens (including phenoxy) is 2. The van der Waals surface area contributed by atoms with E-state index in [2.05, 4.69) is 91.0 Å². The zero-order valence-electron chi connectivity index (χ0n) is 24.6. The van der Waals surface area contributed by atoms with Gasteiger partial charge in [0.2, 0.25) is 23.1 Å². The lowest BCUT2D eigenvalue weighted by atomic mass is 9.89. The number of hydrogen-bond acceptors (Lipinski definition) is 4. The molecule has 0 unspecified atom stereocenters. The van der Waals surface area contributed by atoms with Gasteiger partial charge in [0.1, 0.15) is 23.2 Å². The SMILES string of the molecule is COC1=C(OC)C(=O)C(CCCCCCCCC[P+](c2ccccc2)(c2ccccc2)c2ccccc2)=C(C)C1=O. The highest BCUT2D eigenvalue weighted by Gasteiger charge is 2.44. The highest BCUT2D eigenvalue weighted by molar-refractivity contribution is 7.95. The van der Waals surface area contributed by atoms with E-state index in [9.17, 15) is 9.59 Å². The molecule has 0 amide bonds. The molecule has 5 heteroatoms. The Morgan fingerprint density at radius 3 is 1.37 bits per heavy atom. The average molecular weight is 570 g/mol. The first-order valence-corrected chi connectivity index (χ1v) is 16.7. The van der Waals surface area contributed by atoms with Crippen molar-refractivity contribution in [2.45, 2.75) is 58.3 Å². The first-order chi connectivity index (χ1) is 20.0. The minimum absolute atomic E-state index is 0.0111. The van der Waals surface area contributed by atoms with Crippen molar-refractivity contribution in [3.8, 4) is 0 Å². The van der Waals surface area contributed by atoms with E-state index in [1.165, 1.54) is 55.8 Å². The third-order valence-corrected chi connectivity index (χ3v) is 12.6. The molecule has 0 aromatic heterocycles. The number of allylic oxidation sites excluding steroid dienone is 2. The van der Waals surface area contributed by atoms with Crippen molar-refractivity contribution in [2.75, 3.05) is 20.4 Å². The number of rotatable bonds is 15. The molecule has 0 atom stereocenters. The van der Waals surface area contributed by atoms with Gasteiger partial charge in [-0.05, 0) is 69.0 Å². The quantitative estimate of drug-likeness (QED) is 0.112. The molecule has 4 rings (SSSR count). The van der Waals surface area contributed by atoms with Gasteiger partial charge in [0.15, 0.2) is 0 Å². The van der Waals surface area contributed by atoms with Crippen molar-refractivity contribution in [1.29, 1.82) is 0 Å². The maximum atomic E-state index is 12.8. The van der Waals surface area contributed by atoms with Crippen molar-refractivity contribution in [3.63, 3.8) is 0 Å². The number of carbonyl (C=O) groups excluding carboxylic acids is 2. The van der Waals surface area contributed by atoms with Crippen molar-refractivity contribution in [1.82, 2.24) is 0 Å². The summed E-state index contributed by atoms with van der Waals surface area (Å²) in [6.45, 7) is 1.71. The number of methoxy groups -OCH3 is 2. The summed E-state index contributed by atoms with van der Waals surface area (Å²) in [7, 11) is 1.05. The Hall–Kier alpha value is -3.49. The Labute approximate surface area is 245 Å². The molecule has 0 aliphatic heterocycles. The summed E-state index contributed by atoms with van der Waals surface area (Å²) < 4.78 is 10.3. The highest BCUT2D eigenvalue weighted by Crippen LogP contribution is 2.56. The van der Waals surface area contributed by atoms with Crippen LogP contribution in [0.1, 0.15) is 58.3 Å². The molecule has 4 nitrogen and oxygen atoms in total. The standard InChI is InChI=1S/C36H42O4P/c1-28-32(34(38)36(40-3)35(39-2)33(28)37)26-18-7-5-4-6-8-19-27-41(29-20-12-9-13-21-29,30-22-14-10-15-23-30)31-24-16-11-17-25-31/h9-17,20-25H,4-8,18-19,26-27H2,1-3H3/q+1. The topological polar surface area (TPSA) is 52.6 Å². The number of ketones is 2. The van der Waals surface area contributed by atoms with E-state index in [1.807, 2.05) is 0 Å². The smallest absolute Gasteiger partial charge is 0.228 e. The van der Waals surface area contributed by atoms with Crippen LogP contribution in [-0.2, 0) is 19.1 Å². The molecule has 0 fully saturated rings. The number of benzene rings is 3. The van der Waals surface area contributed by atoms with E-state index in [0.29, 0.717) is 17.6 Å². The molecule has 0 N–H and O–H groups in total. The van der Waals surface area contributed by atoms with Crippen molar-refractivity contribution >= 4 is 34.7 Å². The largest absolute Gasteiger partial charge is 0.489 e. The van der Waals surface area contributed by atoms with E-state index >= 15 is 0 Å². The molecule has 0 radical (unpaired) electrons. The van der Waals surface area contributed by atoms with E-state index in [4.69, 9.17) is 9.47 Å². The van der Waals surface area contributed by atoms with Crippen LogP contribution in [0.4, 0.5) is 0 Å². The summed E-state index contributed by atoms with van der Waals surface area (Å²) >= 11 is 0. The molecule has 1 aliphatic rings. The fourth-order valence-corrected chi connectivity index (χ4v) is 10.3. The minimum atomic E-state index is -1.75. The zero-order chi connectivity index (χ0) is 29.1. The van der Waals surface area contributed by atoms with Crippen LogP contribution < -0.4 is 15.9 Å². The summed E-state index contributed by atoms with van der Waals surface area (Å²) in [5, 5.41) is 4.34. The fourth-order valence-electron chi connectivity index (χ4n) is 5.91. The fraction of sp³-hybridized carbons (Fsp3) is 0.333. The molecule has 0 bridgehead atoms. The number of Topliss-reactive ketones (excluding diaryl/α,β-unsaturated/α-hetero) is 2. The minimum Gasteiger partial charge on any atom is -0.489 e. The normalized spacial score (nSPS) is 14.0. The maximum Gasteiger partial charge on any atom is 0.228 e. The Kier molecular flexibility index (Phi) is 11.1. The van der Waals surface area contributed by atoms with Crippen LogP contribution in [0, 0.1) is 0 Å². The van der Waals surface area contributed by atoms with Crippen LogP contribution in [0.5, 0.6) is 0 Å². The molecule has 3 aromatic rings. The maximum absolute atomic E-state index is 12.8. The molecular formula is C36H42O4P+. The molecule has 3 aromatic carbocycles. The van der Waals surface area contributed by atoms with Crippen LogP contribution >= 0.6 is 7.26 Å². The first kappa shape index (κ1) is 30.5. The number of hydrogen-bond donors (Lipinski definition) is 0. The first-order valence-electron chi connectivity index (χ1n) is 14.7. The van der Waals surface area contributed by atoms with Crippen LogP contribution in [0.15, 0.2) is 114 Å². The Morgan fingerprint density at radius 1 is 0.537 bits per heavy atom. The molecular weight excluding hydrogens is 527 g/mol. The summed E-state index contributed by atoms with van der Waals surface area (Å²) in [6.07, 6.45) is 9.57. The van der Waals surface area contributed by atoms with E-state index in [-0.39, 0.29) is 23.1 Å². The Morgan fingerprint density at radius 2 is 0.927 bits per heavy atom. The van der Waals surface area contributed by atoms with Gasteiger partial charge in [-0.3, -0.25) is 9.59 Å². The second-order valence-corrected chi connectivity index (χ2v) is 14.2. The monoisotopic (exact) mass is 569 g/mol. The van der Waals surface area contributed by atoms with Gasteiger partial charge in [-0.1, -0.05) is 80.3 Å². The molecule has 214 valence electrons. The lowest BCUT2D eigenvalue weighted by Gasteiger charge is -2.27. The third-order valence-electron chi connectivity index (χ3n) is 8.11. The van der Waals surface area contributed by atoms with Gasteiger partial charge in [-0.25, -0.2) is 0 Å². The number of carbonyl (C=O) groups is 2. The predicted octanol–water partition coefficient (Wildman–Crippen LogP) is 7.07. The van der Waals surface area contributed by atoms with Gasteiger partial charge < -0.3 is 9.47 Å². The molecule has 0 heterocycles. The number of unbranched alkanes of at least 4 members (excludes halogenated alkanes) is 6. The zero-order valence-corrected chi connectivity index (χ0v) is 25.5. The van der Waals surface area contributed by atoms with E-state index in [0.717, 1.165) is 25.4 Å². The second kappa shape index (κ2) is 14.9. The van der Waals surface area contributed by atoms with Gasteiger partial charge >= 0.3 is 0 Å². The summed E-state index contributed by atoms with van der Waals surface area (Å²) in [5.41, 5.74) is 1.05. The Balaban J connectivity index is 1.31. The molecule has 41 heavy (non-hydrogen) atoms. The van der Waals surface area contributed by atoms with Crippen LogP contribution in [0.3, 0.4) is 0 Å². The van der Waals surface area contributed by atoms with Crippen molar-refractivity contribution in [2.24, 2.45) is 0 Å². The molecule has 0 spiro atoms. The lowest BCUT2D eigenvalue weighted by molar-refractivity contribution is -0.121. The van der Waals surface area contributed by atoms with Gasteiger partial charge in [0, 0.05) is 11.1 Å². The van der Waals surface area contributed by atoms with Crippen molar-refractivity contribution in [3.05, 3.63) is 114 Å². The van der Waals surface area contributed by atoms with Crippen molar-refractivity contribution < 1.29 is 19.1 Å². The van der Waals surface area contributed by atoms with E-state index in [1.54, 1.807) is 6.92 Å². The second-order valence-electron chi connectivity index (χ2n) is 10.6. The van der Waals surface area contributed by atoms with E-state index < -0.39 is 7.26 Å². The van der Waals surface area contributed by atoms with Gasteiger partial charge in [-0.15, -0.1) is 0 Å². The molecule has 1 aliphatic carbocycles. The summed E-state index contributed by atoms with van der Waals surface area (Å²) in [4.78, 5) is 25.4. The average Bonchev–Trinajstić information content (AvgIpc) is 3.02. The summed E-state index contributed by atoms with van der Waals surface area (Å²) in [5.74, 6) is -0.432. The lowest BCUT2D eigenvalue weighted by Crippen LogP contribution is -2.33. The van der Waals surface area contributed by atoms with Gasteiger partial charge in [0.25, 0.3) is 0 Å².